The third-order valence-corrected chi connectivity index (χ3v) is 9.72. The van der Waals surface area contributed by atoms with Crippen molar-refractivity contribution < 1.29 is 9.47 Å². The van der Waals surface area contributed by atoms with Crippen molar-refractivity contribution in [3.8, 4) is 11.5 Å². The van der Waals surface area contributed by atoms with Gasteiger partial charge in [0, 0.05) is 36.8 Å². The van der Waals surface area contributed by atoms with Crippen LogP contribution in [0.3, 0.4) is 0 Å². The van der Waals surface area contributed by atoms with Crippen LogP contribution < -0.4 is 14.4 Å². The topological polar surface area (TPSA) is 34.1 Å². The molecule has 5 heteroatoms. The lowest BCUT2D eigenvalue weighted by molar-refractivity contribution is 0.267. The van der Waals surface area contributed by atoms with E-state index in [9.17, 15) is 0 Å². The van der Waals surface area contributed by atoms with Crippen molar-refractivity contribution in [3.63, 3.8) is 0 Å². The van der Waals surface area contributed by atoms with Crippen molar-refractivity contribution in [2.75, 3.05) is 24.6 Å². The van der Waals surface area contributed by atoms with E-state index in [1.54, 1.807) is 0 Å². The van der Waals surface area contributed by atoms with E-state index >= 15 is 0 Å². The standard InChI is InChI=1S/C40H37IN2O2/c1-2-44-38-23-29(22-37(41)40(38)45-27-28-12-6-3-7-13-28)26-42-32-24-35-33(30-14-8-4-9-15-30)18-20-43-21-19-34(36(25-32)39(35)43)31-16-10-5-11-17-31/h3-17,22-26,33-34H,2,18-21,27H2,1H3/t33-,34-/m0/s1. The average Bonchev–Trinajstić information content (AvgIpc) is 3.08. The highest BCUT2D eigenvalue weighted by Crippen LogP contribution is 2.50. The summed E-state index contributed by atoms with van der Waals surface area (Å²) >= 11 is 2.34. The summed E-state index contributed by atoms with van der Waals surface area (Å²) in [6.07, 6.45) is 4.19. The van der Waals surface area contributed by atoms with Gasteiger partial charge in [0.25, 0.3) is 0 Å². The van der Waals surface area contributed by atoms with Crippen LogP contribution in [-0.2, 0) is 6.61 Å². The molecule has 0 amide bonds. The molecule has 0 bridgehead atoms. The van der Waals surface area contributed by atoms with E-state index in [0.29, 0.717) is 25.0 Å². The van der Waals surface area contributed by atoms with Gasteiger partial charge in [-0.25, -0.2) is 0 Å². The second kappa shape index (κ2) is 13.5. The maximum absolute atomic E-state index is 6.26. The first kappa shape index (κ1) is 29.6. The van der Waals surface area contributed by atoms with Gasteiger partial charge in [-0.2, -0.15) is 0 Å². The molecule has 0 aliphatic carbocycles. The first-order chi connectivity index (χ1) is 22.2. The Labute approximate surface area is 279 Å². The number of ether oxygens (including phenoxy) is 2. The van der Waals surface area contributed by atoms with Gasteiger partial charge in [-0.3, -0.25) is 4.99 Å². The first-order valence-electron chi connectivity index (χ1n) is 15.9. The van der Waals surface area contributed by atoms with Crippen molar-refractivity contribution in [2.45, 2.75) is 38.2 Å². The molecule has 5 aromatic rings. The largest absolute Gasteiger partial charge is 0.490 e. The maximum atomic E-state index is 6.26. The monoisotopic (exact) mass is 704 g/mol. The molecule has 0 fully saturated rings. The van der Waals surface area contributed by atoms with Gasteiger partial charge in [0.1, 0.15) is 6.61 Å². The van der Waals surface area contributed by atoms with E-state index in [4.69, 9.17) is 14.5 Å². The Morgan fingerprint density at radius 3 is 1.91 bits per heavy atom. The predicted octanol–water partition coefficient (Wildman–Crippen LogP) is 9.90. The minimum absolute atomic E-state index is 0.354. The van der Waals surface area contributed by atoms with Crippen LogP contribution in [0.2, 0.25) is 0 Å². The molecule has 45 heavy (non-hydrogen) atoms. The van der Waals surface area contributed by atoms with Crippen LogP contribution in [0.1, 0.15) is 65.0 Å². The Bertz CT molecular complexity index is 1720. The summed E-state index contributed by atoms with van der Waals surface area (Å²) in [6, 6.07) is 41.0. The van der Waals surface area contributed by atoms with Crippen LogP contribution in [0.5, 0.6) is 11.5 Å². The first-order valence-corrected chi connectivity index (χ1v) is 17.0. The number of hydrogen-bond donors (Lipinski definition) is 0. The highest BCUT2D eigenvalue weighted by atomic mass is 127. The number of hydrogen-bond acceptors (Lipinski definition) is 4. The molecule has 5 aromatic carbocycles. The quantitative estimate of drug-likeness (QED) is 0.113. The summed E-state index contributed by atoms with van der Waals surface area (Å²) in [5, 5.41) is 0. The molecule has 0 unspecified atom stereocenters. The van der Waals surface area contributed by atoms with Crippen LogP contribution >= 0.6 is 22.6 Å². The number of nitrogens with zero attached hydrogens (tertiary/aromatic N) is 2. The van der Waals surface area contributed by atoms with Gasteiger partial charge in [0.15, 0.2) is 11.5 Å². The van der Waals surface area contributed by atoms with E-state index in [-0.39, 0.29) is 0 Å². The highest BCUT2D eigenvalue weighted by Gasteiger charge is 2.35. The van der Waals surface area contributed by atoms with Crippen LogP contribution in [0.4, 0.5) is 11.4 Å². The predicted molar refractivity (Wildman–Crippen MR) is 193 cm³/mol. The van der Waals surface area contributed by atoms with E-state index in [1.807, 2.05) is 37.4 Å². The molecular weight excluding hydrogens is 667 g/mol. The number of aliphatic imine (C=N–C) groups is 1. The fraction of sp³-hybridized carbons (Fsp3) is 0.225. The van der Waals surface area contributed by atoms with Gasteiger partial charge in [0.05, 0.1) is 15.9 Å². The Balaban J connectivity index is 1.26. The molecular formula is C40H37IN2O2. The SMILES string of the molecule is CCOc1cc(C=Nc2cc3c4c(c2)[C@H](c2ccccc2)CCN4CC[C@H]3c2ccccc2)cc(I)c1OCc1ccccc1. The summed E-state index contributed by atoms with van der Waals surface area (Å²) in [5.74, 6) is 2.22. The smallest absolute Gasteiger partial charge is 0.175 e. The number of halogens is 1. The molecule has 2 aliphatic rings. The Morgan fingerprint density at radius 2 is 1.33 bits per heavy atom. The average molecular weight is 705 g/mol. The second-order valence-corrected chi connectivity index (χ2v) is 12.9. The van der Waals surface area contributed by atoms with E-state index in [1.165, 1.54) is 27.9 Å². The molecule has 0 spiro atoms. The van der Waals surface area contributed by atoms with E-state index in [0.717, 1.165) is 57.8 Å². The molecule has 0 saturated carbocycles. The minimum atomic E-state index is 0.354. The summed E-state index contributed by atoms with van der Waals surface area (Å²) in [6.45, 7) is 5.22. The normalized spacial score (nSPS) is 17.2. The maximum Gasteiger partial charge on any atom is 0.175 e. The van der Waals surface area contributed by atoms with Gasteiger partial charge in [-0.1, -0.05) is 91.0 Å². The van der Waals surface area contributed by atoms with Crippen LogP contribution in [0.15, 0.2) is 120 Å². The third-order valence-electron chi connectivity index (χ3n) is 8.92. The summed E-state index contributed by atoms with van der Waals surface area (Å²) < 4.78 is 13.3. The van der Waals surface area contributed by atoms with Gasteiger partial charge >= 0.3 is 0 Å². The fourth-order valence-corrected chi connectivity index (χ4v) is 7.64. The zero-order valence-corrected chi connectivity index (χ0v) is 27.7. The highest BCUT2D eigenvalue weighted by molar-refractivity contribution is 14.1. The zero-order valence-electron chi connectivity index (χ0n) is 25.5. The second-order valence-electron chi connectivity index (χ2n) is 11.8. The van der Waals surface area contributed by atoms with E-state index < -0.39 is 0 Å². The summed E-state index contributed by atoms with van der Waals surface area (Å²) in [7, 11) is 0. The Hall–Kier alpha value is -4.10. The lowest BCUT2D eigenvalue weighted by Crippen LogP contribution is -2.37. The molecule has 0 radical (unpaired) electrons. The third kappa shape index (κ3) is 6.36. The van der Waals surface area contributed by atoms with Gasteiger partial charge in [-0.05, 0) is 100 Å². The molecule has 226 valence electrons. The molecule has 0 saturated heterocycles. The lowest BCUT2D eigenvalue weighted by atomic mass is 9.76. The van der Waals surface area contributed by atoms with Crippen molar-refractivity contribution in [3.05, 3.63) is 152 Å². The molecule has 0 aromatic heterocycles. The molecule has 2 heterocycles. The molecule has 2 aliphatic heterocycles. The van der Waals surface area contributed by atoms with Crippen molar-refractivity contribution >= 4 is 40.2 Å². The molecule has 2 atom stereocenters. The summed E-state index contributed by atoms with van der Waals surface area (Å²) in [5.41, 5.74) is 10.1. The van der Waals surface area contributed by atoms with Gasteiger partial charge < -0.3 is 14.4 Å². The molecule has 4 nitrogen and oxygen atoms in total. The van der Waals surface area contributed by atoms with Crippen LogP contribution in [0.25, 0.3) is 0 Å². The zero-order chi connectivity index (χ0) is 30.6. The Kier molecular flexibility index (Phi) is 8.87. The fourth-order valence-electron chi connectivity index (χ4n) is 6.86. The number of anilines is 1. The van der Waals surface area contributed by atoms with E-state index in [2.05, 4.69) is 118 Å². The molecule has 7 rings (SSSR count). The van der Waals surface area contributed by atoms with Crippen LogP contribution in [0, 0.1) is 3.57 Å². The van der Waals surface area contributed by atoms with Crippen molar-refractivity contribution in [1.82, 2.24) is 0 Å². The molecule has 0 N–H and O–H groups in total. The number of benzene rings is 5. The summed E-state index contributed by atoms with van der Waals surface area (Å²) in [4.78, 5) is 7.73. The van der Waals surface area contributed by atoms with Crippen molar-refractivity contribution in [1.29, 1.82) is 0 Å². The van der Waals surface area contributed by atoms with Crippen molar-refractivity contribution in [2.24, 2.45) is 4.99 Å². The lowest BCUT2D eigenvalue weighted by Gasteiger charge is -2.43. The van der Waals surface area contributed by atoms with Crippen LogP contribution in [-0.4, -0.2) is 25.9 Å². The van der Waals surface area contributed by atoms with Gasteiger partial charge in [0.2, 0.25) is 0 Å². The Morgan fingerprint density at radius 1 is 0.756 bits per heavy atom. The number of rotatable bonds is 9. The van der Waals surface area contributed by atoms with Gasteiger partial charge in [-0.15, -0.1) is 0 Å². The minimum Gasteiger partial charge on any atom is -0.490 e.